The van der Waals surface area contributed by atoms with Gasteiger partial charge in [-0.15, -0.1) is 0 Å². The Bertz CT molecular complexity index is 385. The molecular formula is C11H11FO3. The molecule has 0 atom stereocenters. The molecule has 1 aromatic carbocycles. The summed E-state index contributed by atoms with van der Waals surface area (Å²) in [6.07, 6.45) is 2.69. The summed E-state index contributed by atoms with van der Waals surface area (Å²) in [6, 6.07) is 4.41. The molecule has 0 bridgehead atoms. The van der Waals surface area contributed by atoms with Crippen LogP contribution in [0.3, 0.4) is 0 Å². The van der Waals surface area contributed by atoms with Crippen LogP contribution in [0.15, 0.2) is 24.3 Å². The monoisotopic (exact) mass is 210 g/mol. The van der Waals surface area contributed by atoms with Gasteiger partial charge in [-0.25, -0.2) is 9.18 Å². The van der Waals surface area contributed by atoms with Gasteiger partial charge in [-0.1, -0.05) is 6.07 Å². The van der Waals surface area contributed by atoms with E-state index in [9.17, 15) is 9.18 Å². The topological polar surface area (TPSA) is 35.5 Å². The van der Waals surface area contributed by atoms with E-state index in [1.165, 1.54) is 38.5 Å². The predicted molar refractivity (Wildman–Crippen MR) is 54.0 cm³/mol. The molecule has 0 amide bonds. The van der Waals surface area contributed by atoms with Crippen LogP contribution in [0.2, 0.25) is 0 Å². The largest absolute Gasteiger partial charge is 0.494 e. The van der Waals surface area contributed by atoms with Gasteiger partial charge in [-0.3, -0.25) is 0 Å². The maximum Gasteiger partial charge on any atom is 0.330 e. The Morgan fingerprint density at radius 2 is 2.13 bits per heavy atom. The average molecular weight is 210 g/mol. The minimum absolute atomic E-state index is 0.171. The van der Waals surface area contributed by atoms with Crippen LogP contribution in [0.5, 0.6) is 5.75 Å². The highest BCUT2D eigenvalue weighted by atomic mass is 19.1. The zero-order valence-corrected chi connectivity index (χ0v) is 8.49. The number of ether oxygens (including phenoxy) is 2. The van der Waals surface area contributed by atoms with E-state index in [1.807, 2.05) is 0 Å². The molecular weight excluding hydrogens is 199 g/mol. The zero-order chi connectivity index (χ0) is 11.3. The van der Waals surface area contributed by atoms with Crippen LogP contribution in [-0.2, 0) is 9.53 Å². The molecule has 0 unspecified atom stereocenters. The number of hydrogen-bond acceptors (Lipinski definition) is 3. The first kappa shape index (κ1) is 11.2. The third-order valence-corrected chi connectivity index (χ3v) is 1.79. The van der Waals surface area contributed by atoms with Gasteiger partial charge in [0.1, 0.15) is 0 Å². The highest BCUT2D eigenvalue weighted by Gasteiger charge is 2.01. The Kier molecular flexibility index (Phi) is 3.85. The maximum absolute atomic E-state index is 13.2. The molecule has 0 aliphatic heterocycles. The molecule has 3 nitrogen and oxygen atoms in total. The number of carbonyl (C=O) groups excluding carboxylic acids is 1. The first-order chi connectivity index (χ1) is 7.17. The molecule has 4 heteroatoms. The van der Waals surface area contributed by atoms with Crippen molar-refractivity contribution < 1.29 is 18.7 Å². The van der Waals surface area contributed by atoms with Crippen molar-refractivity contribution in [3.8, 4) is 5.75 Å². The summed E-state index contributed by atoms with van der Waals surface area (Å²) in [7, 11) is 2.67. The highest BCUT2D eigenvalue weighted by Crippen LogP contribution is 2.18. The quantitative estimate of drug-likeness (QED) is 0.565. The molecule has 0 spiro atoms. The lowest BCUT2D eigenvalue weighted by Gasteiger charge is -2.01. The molecule has 0 fully saturated rings. The van der Waals surface area contributed by atoms with Gasteiger partial charge in [-0.2, -0.15) is 0 Å². The van der Waals surface area contributed by atoms with Gasteiger partial charge in [0, 0.05) is 6.08 Å². The van der Waals surface area contributed by atoms with Gasteiger partial charge in [0.05, 0.1) is 14.2 Å². The Morgan fingerprint density at radius 3 is 2.67 bits per heavy atom. The standard InChI is InChI=1S/C11H11FO3/c1-14-10-5-3-8(7-9(10)12)4-6-11(13)15-2/h3-7H,1-2H3. The number of hydrogen-bond donors (Lipinski definition) is 0. The summed E-state index contributed by atoms with van der Waals surface area (Å²) in [4.78, 5) is 10.8. The van der Waals surface area contributed by atoms with E-state index in [-0.39, 0.29) is 5.75 Å². The van der Waals surface area contributed by atoms with Gasteiger partial charge in [-0.05, 0) is 23.8 Å². The SMILES string of the molecule is COC(=O)C=Cc1ccc(OC)c(F)c1. The smallest absolute Gasteiger partial charge is 0.330 e. The van der Waals surface area contributed by atoms with Crippen LogP contribution in [-0.4, -0.2) is 20.2 Å². The molecule has 0 aliphatic rings. The van der Waals surface area contributed by atoms with Gasteiger partial charge >= 0.3 is 5.97 Å². The van der Waals surface area contributed by atoms with Crippen LogP contribution in [0, 0.1) is 5.82 Å². The highest BCUT2D eigenvalue weighted by molar-refractivity contribution is 5.86. The molecule has 15 heavy (non-hydrogen) atoms. The number of benzene rings is 1. The fourth-order valence-electron chi connectivity index (χ4n) is 1.02. The number of halogens is 1. The van der Waals surface area contributed by atoms with Crippen LogP contribution < -0.4 is 4.74 Å². The third kappa shape index (κ3) is 3.09. The van der Waals surface area contributed by atoms with Gasteiger partial charge in [0.15, 0.2) is 11.6 Å². The minimum Gasteiger partial charge on any atom is -0.494 e. The van der Waals surface area contributed by atoms with Crippen molar-refractivity contribution in [1.82, 2.24) is 0 Å². The molecule has 1 aromatic rings. The van der Waals surface area contributed by atoms with Crippen LogP contribution in [0.25, 0.3) is 6.08 Å². The second kappa shape index (κ2) is 5.14. The summed E-state index contributed by atoms with van der Waals surface area (Å²) >= 11 is 0. The maximum atomic E-state index is 13.2. The first-order valence-electron chi connectivity index (χ1n) is 4.27. The fraction of sp³-hybridized carbons (Fsp3) is 0.182. The molecule has 80 valence electrons. The van der Waals surface area contributed by atoms with Crippen LogP contribution >= 0.6 is 0 Å². The second-order valence-electron chi connectivity index (χ2n) is 2.75. The van der Waals surface area contributed by atoms with Gasteiger partial charge < -0.3 is 9.47 Å². The van der Waals surface area contributed by atoms with Crippen LogP contribution in [0.4, 0.5) is 4.39 Å². The summed E-state index contributed by atoms with van der Waals surface area (Å²) < 4.78 is 22.3. The third-order valence-electron chi connectivity index (χ3n) is 1.79. The lowest BCUT2D eigenvalue weighted by Crippen LogP contribution is -1.93. The van der Waals surface area contributed by atoms with E-state index in [1.54, 1.807) is 6.07 Å². The molecule has 0 saturated heterocycles. The first-order valence-corrected chi connectivity index (χ1v) is 4.27. The van der Waals surface area contributed by atoms with Crippen molar-refractivity contribution in [3.63, 3.8) is 0 Å². The van der Waals surface area contributed by atoms with Crippen molar-refractivity contribution >= 4 is 12.0 Å². The zero-order valence-electron chi connectivity index (χ0n) is 8.49. The summed E-state index contributed by atoms with van der Waals surface area (Å²) in [5, 5.41) is 0. The molecule has 0 radical (unpaired) electrons. The fourth-order valence-corrected chi connectivity index (χ4v) is 1.02. The molecule has 0 aliphatic carbocycles. The lowest BCUT2D eigenvalue weighted by molar-refractivity contribution is -0.134. The van der Waals surface area contributed by atoms with Crippen LogP contribution in [0.1, 0.15) is 5.56 Å². The number of rotatable bonds is 3. The Morgan fingerprint density at radius 1 is 1.40 bits per heavy atom. The van der Waals surface area contributed by atoms with E-state index < -0.39 is 11.8 Å². The van der Waals surface area contributed by atoms with Crippen molar-refractivity contribution in [1.29, 1.82) is 0 Å². The Labute approximate surface area is 87.1 Å². The van der Waals surface area contributed by atoms with Gasteiger partial charge in [0.2, 0.25) is 0 Å². The molecule has 1 rings (SSSR count). The summed E-state index contributed by atoms with van der Waals surface area (Å²) in [5.74, 6) is -0.777. The Hall–Kier alpha value is -1.84. The average Bonchev–Trinajstić information content (AvgIpc) is 2.26. The van der Waals surface area contributed by atoms with E-state index in [4.69, 9.17) is 4.74 Å². The molecule has 0 N–H and O–H groups in total. The minimum atomic E-state index is -0.480. The second-order valence-corrected chi connectivity index (χ2v) is 2.75. The number of esters is 1. The lowest BCUT2D eigenvalue weighted by atomic mass is 10.2. The normalized spacial score (nSPS) is 10.3. The van der Waals surface area contributed by atoms with E-state index in [2.05, 4.69) is 4.74 Å². The molecule has 0 heterocycles. The number of carbonyl (C=O) groups is 1. The number of methoxy groups -OCH3 is 2. The van der Waals surface area contributed by atoms with Crippen molar-refractivity contribution in [2.75, 3.05) is 14.2 Å². The summed E-state index contributed by atoms with van der Waals surface area (Å²) in [5.41, 5.74) is 0.568. The van der Waals surface area contributed by atoms with E-state index in [0.717, 1.165) is 0 Å². The predicted octanol–water partition coefficient (Wildman–Crippen LogP) is 2.02. The molecule has 0 aromatic heterocycles. The summed E-state index contributed by atoms with van der Waals surface area (Å²) in [6.45, 7) is 0. The van der Waals surface area contributed by atoms with Crippen molar-refractivity contribution in [2.45, 2.75) is 0 Å². The van der Waals surface area contributed by atoms with Crippen molar-refractivity contribution in [2.24, 2.45) is 0 Å². The van der Waals surface area contributed by atoms with Gasteiger partial charge in [0.25, 0.3) is 0 Å². The van der Waals surface area contributed by atoms with Crippen molar-refractivity contribution in [3.05, 3.63) is 35.7 Å². The molecule has 0 saturated carbocycles. The Balaban J connectivity index is 2.84. The van der Waals surface area contributed by atoms with E-state index in [0.29, 0.717) is 5.56 Å². The van der Waals surface area contributed by atoms with E-state index >= 15 is 0 Å².